The molecule has 1 N–H and O–H groups in total. The zero-order valence-electron chi connectivity index (χ0n) is 14.6. The number of ether oxygens (including phenoxy) is 1. The molecule has 0 aliphatic carbocycles. The van der Waals surface area contributed by atoms with Crippen LogP contribution in [0.2, 0.25) is 0 Å². The standard InChI is InChI=1S/C18H26F2N2O2/c1-12(13-8-6-5-7-9-13)22-10-14(16(19)20)15(11-22)21-17(23)24-18(2,3)4/h5-9,12,14-16H,10-11H2,1-4H3,(H,21,23)/t12?,14-,15+/m1/s1. The van der Waals surface area contributed by atoms with E-state index in [1.165, 1.54) is 0 Å². The first-order valence-electron chi connectivity index (χ1n) is 8.24. The summed E-state index contributed by atoms with van der Waals surface area (Å²) in [6, 6.07) is 9.15. The highest BCUT2D eigenvalue weighted by molar-refractivity contribution is 5.68. The van der Waals surface area contributed by atoms with Crippen molar-refractivity contribution in [3.8, 4) is 0 Å². The van der Waals surface area contributed by atoms with Gasteiger partial charge in [-0.3, -0.25) is 4.90 Å². The number of carbonyl (C=O) groups is 1. The molecule has 1 aromatic rings. The van der Waals surface area contributed by atoms with Crippen molar-refractivity contribution >= 4 is 6.09 Å². The monoisotopic (exact) mass is 340 g/mol. The topological polar surface area (TPSA) is 41.6 Å². The van der Waals surface area contributed by atoms with Crippen molar-refractivity contribution < 1.29 is 18.3 Å². The highest BCUT2D eigenvalue weighted by Crippen LogP contribution is 2.30. The van der Waals surface area contributed by atoms with Crippen LogP contribution in [0.4, 0.5) is 13.6 Å². The molecule has 1 aliphatic heterocycles. The number of benzene rings is 1. The second kappa shape index (κ2) is 7.47. The number of likely N-dealkylation sites (tertiary alicyclic amines) is 1. The van der Waals surface area contributed by atoms with Gasteiger partial charge in [0.1, 0.15) is 5.60 Å². The van der Waals surface area contributed by atoms with E-state index in [9.17, 15) is 13.6 Å². The highest BCUT2D eigenvalue weighted by atomic mass is 19.3. The fourth-order valence-corrected chi connectivity index (χ4v) is 2.99. The minimum absolute atomic E-state index is 0.0119. The first kappa shape index (κ1) is 18.6. The zero-order chi connectivity index (χ0) is 17.9. The molecule has 134 valence electrons. The van der Waals surface area contributed by atoms with Crippen LogP contribution in [0.5, 0.6) is 0 Å². The van der Waals surface area contributed by atoms with Crippen molar-refractivity contribution in [3.05, 3.63) is 35.9 Å². The number of halogens is 2. The minimum Gasteiger partial charge on any atom is -0.444 e. The van der Waals surface area contributed by atoms with Gasteiger partial charge in [0.2, 0.25) is 6.43 Å². The molecule has 0 bridgehead atoms. The first-order chi connectivity index (χ1) is 11.2. The molecule has 1 aliphatic rings. The lowest BCUT2D eigenvalue weighted by Gasteiger charge is -2.25. The van der Waals surface area contributed by atoms with Gasteiger partial charge in [-0.15, -0.1) is 0 Å². The third-order valence-corrected chi connectivity index (χ3v) is 4.25. The quantitative estimate of drug-likeness (QED) is 0.905. The zero-order valence-corrected chi connectivity index (χ0v) is 14.6. The van der Waals surface area contributed by atoms with Crippen molar-refractivity contribution in [3.63, 3.8) is 0 Å². The number of alkyl carbamates (subject to hydrolysis) is 1. The maximum atomic E-state index is 13.4. The normalized spacial score (nSPS) is 23.3. The van der Waals surface area contributed by atoms with Crippen LogP contribution in [0.15, 0.2) is 30.3 Å². The Morgan fingerprint density at radius 2 is 1.88 bits per heavy atom. The summed E-state index contributed by atoms with van der Waals surface area (Å²) in [4.78, 5) is 13.9. The molecule has 0 aromatic heterocycles. The number of rotatable bonds is 4. The van der Waals surface area contributed by atoms with Crippen LogP contribution >= 0.6 is 0 Å². The third-order valence-electron chi connectivity index (χ3n) is 4.25. The lowest BCUT2D eigenvalue weighted by atomic mass is 10.1. The molecule has 24 heavy (non-hydrogen) atoms. The number of carbonyl (C=O) groups excluding carboxylic acids is 1. The fourth-order valence-electron chi connectivity index (χ4n) is 2.99. The Morgan fingerprint density at radius 3 is 2.42 bits per heavy atom. The summed E-state index contributed by atoms with van der Waals surface area (Å²) >= 11 is 0. The maximum absolute atomic E-state index is 13.4. The highest BCUT2D eigenvalue weighted by Gasteiger charge is 2.41. The lowest BCUT2D eigenvalue weighted by molar-refractivity contribution is 0.0406. The molecule has 1 unspecified atom stereocenters. The number of nitrogens with one attached hydrogen (secondary N) is 1. The summed E-state index contributed by atoms with van der Waals surface area (Å²) in [5, 5.41) is 2.62. The van der Waals surface area contributed by atoms with E-state index in [4.69, 9.17) is 4.74 Å². The number of amides is 1. The smallest absolute Gasteiger partial charge is 0.407 e. The number of hydrogen-bond acceptors (Lipinski definition) is 3. The molecule has 0 saturated carbocycles. The van der Waals surface area contributed by atoms with Crippen molar-refractivity contribution in [2.24, 2.45) is 5.92 Å². The Morgan fingerprint density at radius 1 is 1.25 bits per heavy atom. The number of alkyl halides is 2. The predicted octanol–water partition coefficient (Wildman–Crippen LogP) is 3.84. The van der Waals surface area contributed by atoms with E-state index in [-0.39, 0.29) is 12.6 Å². The van der Waals surface area contributed by atoms with Crippen molar-refractivity contribution in [2.75, 3.05) is 13.1 Å². The van der Waals surface area contributed by atoms with E-state index < -0.39 is 30.1 Å². The van der Waals surface area contributed by atoms with Gasteiger partial charge in [-0.2, -0.15) is 0 Å². The average molecular weight is 340 g/mol. The Hall–Kier alpha value is -1.69. The summed E-state index contributed by atoms with van der Waals surface area (Å²) in [6.07, 6.45) is -3.13. The van der Waals surface area contributed by atoms with Gasteiger partial charge in [-0.25, -0.2) is 13.6 Å². The summed E-state index contributed by atoms with van der Waals surface area (Å²) in [6.45, 7) is 7.85. The maximum Gasteiger partial charge on any atom is 0.407 e. The number of nitrogens with zero attached hydrogens (tertiary/aromatic N) is 1. The fraction of sp³-hybridized carbons (Fsp3) is 0.611. The Bertz CT molecular complexity index is 546. The van der Waals surface area contributed by atoms with E-state index in [1.54, 1.807) is 20.8 Å². The SMILES string of the molecule is CC(c1ccccc1)N1C[C@H](NC(=O)OC(C)(C)C)[C@H](C(F)F)C1. The molecule has 2 rings (SSSR count). The van der Waals surface area contributed by atoms with Crippen LogP contribution in [0, 0.1) is 5.92 Å². The van der Waals surface area contributed by atoms with Gasteiger partial charge in [-0.05, 0) is 33.3 Å². The average Bonchev–Trinajstić information content (AvgIpc) is 2.89. The molecule has 0 spiro atoms. The molecule has 1 fully saturated rings. The molecular formula is C18H26F2N2O2. The van der Waals surface area contributed by atoms with E-state index in [0.717, 1.165) is 5.56 Å². The van der Waals surface area contributed by atoms with Gasteiger partial charge in [0.15, 0.2) is 0 Å². The van der Waals surface area contributed by atoms with Crippen molar-refractivity contribution in [1.82, 2.24) is 10.2 Å². The van der Waals surface area contributed by atoms with E-state index >= 15 is 0 Å². The largest absolute Gasteiger partial charge is 0.444 e. The van der Waals surface area contributed by atoms with Gasteiger partial charge in [-0.1, -0.05) is 30.3 Å². The van der Waals surface area contributed by atoms with Crippen LogP contribution in [0.25, 0.3) is 0 Å². The van der Waals surface area contributed by atoms with Crippen LogP contribution < -0.4 is 5.32 Å². The van der Waals surface area contributed by atoms with Gasteiger partial charge in [0.05, 0.1) is 12.0 Å². The second-order valence-electron chi connectivity index (χ2n) is 7.29. The third kappa shape index (κ3) is 4.90. The number of hydrogen-bond donors (Lipinski definition) is 1. The van der Waals surface area contributed by atoms with Crippen LogP contribution in [0.1, 0.15) is 39.3 Å². The van der Waals surface area contributed by atoms with Gasteiger partial charge < -0.3 is 10.1 Å². The molecule has 1 aromatic carbocycles. The molecule has 0 radical (unpaired) electrons. The van der Waals surface area contributed by atoms with Gasteiger partial charge >= 0.3 is 6.09 Å². The van der Waals surface area contributed by atoms with E-state index in [2.05, 4.69) is 5.32 Å². The molecule has 1 heterocycles. The van der Waals surface area contributed by atoms with E-state index in [0.29, 0.717) is 6.54 Å². The first-order valence-corrected chi connectivity index (χ1v) is 8.24. The summed E-state index contributed by atoms with van der Waals surface area (Å²) in [5.74, 6) is -0.899. The van der Waals surface area contributed by atoms with Crippen LogP contribution in [0.3, 0.4) is 0 Å². The summed E-state index contributed by atoms with van der Waals surface area (Å²) in [7, 11) is 0. The minimum atomic E-state index is -2.49. The van der Waals surface area contributed by atoms with Gasteiger partial charge in [0, 0.05) is 19.1 Å². The molecule has 4 nitrogen and oxygen atoms in total. The second-order valence-corrected chi connectivity index (χ2v) is 7.29. The van der Waals surface area contributed by atoms with Crippen LogP contribution in [-0.2, 0) is 4.74 Å². The lowest BCUT2D eigenvalue weighted by Crippen LogP contribution is -2.44. The Labute approximate surface area is 142 Å². The molecule has 1 amide bonds. The molecular weight excluding hydrogens is 314 g/mol. The predicted molar refractivity (Wildman–Crippen MR) is 89.1 cm³/mol. The molecule has 3 atom stereocenters. The summed E-state index contributed by atoms with van der Waals surface area (Å²) < 4.78 is 32.0. The molecule has 6 heteroatoms. The van der Waals surface area contributed by atoms with Crippen LogP contribution in [-0.4, -0.2) is 42.2 Å². The van der Waals surface area contributed by atoms with Crippen molar-refractivity contribution in [2.45, 2.75) is 51.8 Å². The Balaban J connectivity index is 2.04. The summed E-state index contributed by atoms with van der Waals surface area (Å²) in [5.41, 5.74) is 0.420. The Kier molecular flexibility index (Phi) is 5.80. The molecule has 1 saturated heterocycles. The van der Waals surface area contributed by atoms with E-state index in [1.807, 2.05) is 42.2 Å². The van der Waals surface area contributed by atoms with Gasteiger partial charge in [0.25, 0.3) is 0 Å². The van der Waals surface area contributed by atoms with Crippen molar-refractivity contribution in [1.29, 1.82) is 0 Å².